The van der Waals surface area contributed by atoms with Crippen molar-refractivity contribution in [1.82, 2.24) is 16.2 Å². The third-order valence-corrected chi connectivity index (χ3v) is 7.84. The van der Waals surface area contributed by atoms with E-state index in [-0.39, 0.29) is 29.1 Å². The van der Waals surface area contributed by atoms with Gasteiger partial charge in [0.05, 0.1) is 0 Å². The standard InChI is InChI=1S/C25H35N3O3/c1-3-16(2)22(26-23(30)20-7-5-4-6-8-20)24(31)28-27-21(29)15-25-12-17-9-18(13-25)11-19(10-17)14-25/h4-8,16-19,22H,3,9-15H2,1-2H3,(H,26,30)(H,27,29)(H,28,31). The summed E-state index contributed by atoms with van der Waals surface area (Å²) in [5.41, 5.74) is 5.86. The average molecular weight is 426 g/mol. The molecule has 2 unspecified atom stereocenters. The first-order chi connectivity index (χ1) is 14.9. The van der Waals surface area contributed by atoms with Crippen LogP contribution in [0.2, 0.25) is 0 Å². The van der Waals surface area contributed by atoms with Crippen molar-refractivity contribution >= 4 is 17.7 Å². The van der Waals surface area contributed by atoms with Gasteiger partial charge in [0.25, 0.3) is 11.8 Å². The van der Waals surface area contributed by atoms with Gasteiger partial charge in [-0.05, 0) is 79.7 Å². The van der Waals surface area contributed by atoms with E-state index in [1.54, 1.807) is 24.3 Å². The number of hydrogen-bond donors (Lipinski definition) is 3. The third-order valence-electron chi connectivity index (χ3n) is 7.84. The molecule has 6 nitrogen and oxygen atoms in total. The Bertz CT molecular complexity index is 787. The van der Waals surface area contributed by atoms with Crippen LogP contribution >= 0.6 is 0 Å². The minimum Gasteiger partial charge on any atom is -0.340 e. The second-order valence-electron chi connectivity index (χ2n) is 10.3. The molecule has 0 radical (unpaired) electrons. The molecule has 4 aliphatic carbocycles. The fraction of sp³-hybridized carbons (Fsp3) is 0.640. The second kappa shape index (κ2) is 9.01. The molecule has 3 amide bonds. The summed E-state index contributed by atoms with van der Waals surface area (Å²) in [7, 11) is 0. The fourth-order valence-electron chi connectivity index (χ4n) is 6.62. The highest BCUT2D eigenvalue weighted by molar-refractivity contribution is 5.97. The van der Waals surface area contributed by atoms with Crippen LogP contribution in [0.3, 0.4) is 0 Å². The summed E-state index contributed by atoms with van der Waals surface area (Å²) in [6.07, 6.45) is 8.71. The molecule has 3 N–H and O–H groups in total. The van der Waals surface area contributed by atoms with Crippen LogP contribution in [0.4, 0.5) is 0 Å². The van der Waals surface area contributed by atoms with Crippen molar-refractivity contribution in [1.29, 1.82) is 0 Å². The van der Waals surface area contributed by atoms with E-state index in [1.807, 2.05) is 19.9 Å². The van der Waals surface area contributed by atoms with Gasteiger partial charge < -0.3 is 5.32 Å². The summed E-state index contributed by atoms with van der Waals surface area (Å²) in [5.74, 6) is 1.52. The Kier molecular flexibility index (Phi) is 6.35. The topological polar surface area (TPSA) is 87.3 Å². The maximum absolute atomic E-state index is 12.8. The normalized spacial score (nSPS) is 30.3. The van der Waals surface area contributed by atoms with Crippen LogP contribution in [-0.2, 0) is 9.59 Å². The van der Waals surface area contributed by atoms with Gasteiger partial charge >= 0.3 is 0 Å². The molecule has 0 spiro atoms. The smallest absolute Gasteiger partial charge is 0.261 e. The van der Waals surface area contributed by atoms with Crippen molar-refractivity contribution in [2.24, 2.45) is 29.1 Å². The molecular formula is C25H35N3O3. The van der Waals surface area contributed by atoms with E-state index >= 15 is 0 Å². The van der Waals surface area contributed by atoms with Gasteiger partial charge in [-0.25, -0.2) is 0 Å². The van der Waals surface area contributed by atoms with Gasteiger partial charge in [0.2, 0.25) is 5.91 Å². The predicted octanol–water partition coefficient (Wildman–Crippen LogP) is 3.59. The van der Waals surface area contributed by atoms with Crippen LogP contribution in [0.5, 0.6) is 0 Å². The number of nitrogens with one attached hydrogen (secondary N) is 3. The molecule has 4 saturated carbocycles. The highest BCUT2D eigenvalue weighted by Gasteiger charge is 2.51. The molecule has 168 valence electrons. The van der Waals surface area contributed by atoms with E-state index in [1.165, 1.54) is 19.3 Å². The highest BCUT2D eigenvalue weighted by Crippen LogP contribution is 2.61. The van der Waals surface area contributed by atoms with E-state index < -0.39 is 6.04 Å². The monoisotopic (exact) mass is 425 g/mol. The zero-order chi connectivity index (χ0) is 22.0. The molecule has 4 aliphatic rings. The maximum Gasteiger partial charge on any atom is 0.261 e. The van der Waals surface area contributed by atoms with E-state index in [2.05, 4.69) is 16.2 Å². The molecular weight excluding hydrogens is 390 g/mol. The number of benzene rings is 1. The van der Waals surface area contributed by atoms with Gasteiger partial charge in [-0.15, -0.1) is 0 Å². The van der Waals surface area contributed by atoms with Crippen molar-refractivity contribution in [2.75, 3.05) is 0 Å². The van der Waals surface area contributed by atoms with Gasteiger partial charge in [0.15, 0.2) is 0 Å². The molecule has 2 atom stereocenters. The Morgan fingerprint density at radius 1 is 0.968 bits per heavy atom. The molecule has 0 saturated heterocycles. The molecule has 1 aromatic carbocycles. The van der Waals surface area contributed by atoms with E-state index in [0.29, 0.717) is 12.0 Å². The Hall–Kier alpha value is -2.37. The van der Waals surface area contributed by atoms with E-state index in [0.717, 1.165) is 43.4 Å². The van der Waals surface area contributed by atoms with Crippen LogP contribution in [0.1, 0.15) is 75.6 Å². The molecule has 4 fully saturated rings. The minimum atomic E-state index is -0.711. The molecule has 0 aliphatic heterocycles. The number of rotatable bonds is 7. The maximum atomic E-state index is 12.8. The lowest BCUT2D eigenvalue weighted by molar-refractivity contribution is -0.135. The lowest BCUT2D eigenvalue weighted by atomic mass is 9.49. The number of hydrazine groups is 1. The first-order valence-electron chi connectivity index (χ1n) is 11.8. The fourth-order valence-corrected chi connectivity index (χ4v) is 6.62. The number of carbonyl (C=O) groups is 3. The van der Waals surface area contributed by atoms with Crippen LogP contribution < -0.4 is 16.2 Å². The summed E-state index contributed by atoms with van der Waals surface area (Å²) < 4.78 is 0. The van der Waals surface area contributed by atoms with Crippen LogP contribution in [0.15, 0.2) is 30.3 Å². The van der Waals surface area contributed by atoms with Gasteiger partial charge in [-0.1, -0.05) is 38.5 Å². The Balaban J connectivity index is 1.32. The Morgan fingerprint density at radius 3 is 2.10 bits per heavy atom. The predicted molar refractivity (Wildman–Crippen MR) is 119 cm³/mol. The lowest BCUT2D eigenvalue weighted by Gasteiger charge is -2.56. The van der Waals surface area contributed by atoms with Crippen molar-refractivity contribution in [3.63, 3.8) is 0 Å². The van der Waals surface area contributed by atoms with E-state index in [9.17, 15) is 14.4 Å². The third kappa shape index (κ3) is 4.94. The summed E-state index contributed by atoms with van der Waals surface area (Å²) in [6.45, 7) is 3.90. The number of carbonyl (C=O) groups excluding carboxylic acids is 3. The molecule has 1 aromatic rings. The van der Waals surface area contributed by atoms with Crippen molar-refractivity contribution < 1.29 is 14.4 Å². The second-order valence-corrected chi connectivity index (χ2v) is 10.3. The SMILES string of the molecule is CCC(C)C(NC(=O)c1ccccc1)C(=O)NNC(=O)CC12CC3CC(CC(C3)C1)C2. The first-order valence-corrected chi connectivity index (χ1v) is 11.8. The van der Waals surface area contributed by atoms with Gasteiger partial charge in [0.1, 0.15) is 6.04 Å². The highest BCUT2D eigenvalue weighted by atomic mass is 16.2. The van der Waals surface area contributed by atoms with Crippen LogP contribution in [-0.4, -0.2) is 23.8 Å². The summed E-state index contributed by atoms with van der Waals surface area (Å²) in [5, 5.41) is 2.83. The summed E-state index contributed by atoms with van der Waals surface area (Å²) in [6, 6.07) is 8.14. The minimum absolute atomic E-state index is 0.0623. The Morgan fingerprint density at radius 2 is 1.55 bits per heavy atom. The van der Waals surface area contributed by atoms with E-state index in [4.69, 9.17) is 0 Å². The van der Waals surface area contributed by atoms with Gasteiger partial charge in [0, 0.05) is 12.0 Å². The van der Waals surface area contributed by atoms with Gasteiger partial charge in [-0.2, -0.15) is 0 Å². The summed E-state index contributed by atoms with van der Waals surface area (Å²) in [4.78, 5) is 38.1. The first kappa shape index (κ1) is 21.8. The molecule has 4 bridgehead atoms. The molecule has 0 aromatic heterocycles. The Labute approximate surface area is 184 Å². The molecule has 5 rings (SSSR count). The lowest BCUT2D eigenvalue weighted by Crippen LogP contribution is -2.55. The van der Waals surface area contributed by atoms with Gasteiger partial charge in [-0.3, -0.25) is 25.2 Å². The molecule has 0 heterocycles. The molecule has 6 heteroatoms. The average Bonchev–Trinajstić information content (AvgIpc) is 2.74. The van der Waals surface area contributed by atoms with Crippen molar-refractivity contribution in [2.45, 2.75) is 71.3 Å². The quantitative estimate of drug-likeness (QED) is 0.584. The van der Waals surface area contributed by atoms with Crippen molar-refractivity contribution in [3.05, 3.63) is 35.9 Å². The number of hydrogen-bond acceptors (Lipinski definition) is 3. The van der Waals surface area contributed by atoms with Crippen LogP contribution in [0.25, 0.3) is 0 Å². The summed E-state index contributed by atoms with van der Waals surface area (Å²) >= 11 is 0. The molecule has 31 heavy (non-hydrogen) atoms. The van der Waals surface area contributed by atoms with Crippen molar-refractivity contribution in [3.8, 4) is 0 Å². The number of amides is 3. The van der Waals surface area contributed by atoms with Crippen LogP contribution in [0, 0.1) is 29.1 Å². The zero-order valence-electron chi connectivity index (χ0n) is 18.7. The zero-order valence-corrected chi connectivity index (χ0v) is 18.7. The largest absolute Gasteiger partial charge is 0.340 e.